The maximum Gasteiger partial charge on any atom is 0.418 e. The number of anilines is 1. The van der Waals surface area contributed by atoms with Gasteiger partial charge >= 0.3 is 6.18 Å². The van der Waals surface area contributed by atoms with E-state index in [1.807, 2.05) is 0 Å². The van der Waals surface area contributed by atoms with Gasteiger partial charge < -0.3 is 5.73 Å². The molecule has 0 radical (unpaired) electrons. The van der Waals surface area contributed by atoms with E-state index in [1.165, 1.54) is 0 Å². The summed E-state index contributed by atoms with van der Waals surface area (Å²) in [4.78, 5) is 3.35. The summed E-state index contributed by atoms with van der Waals surface area (Å²) in [6.07, 6.45) is -3.74. The summed E-state index contributed by atoms with van der Waals surface area (Å²) in [5.41, 5.74) is 4.32. The largest absolute Gasteiger partial charge is 0.418 e. The van der Waals surface area contributed by atoms with Crippen molar-refractivity contribution in [2.75, 3.05) is 5.73 Å². The molecule has 13 heavy (non-hydrogen) atoms. The first-order valence-electron chi connectivity index (χ1n) is 3.32. The van der Waals surface area contributed by atoms with Crippen LogP contribution in [0.15, 0.2) is 12.3 Å². The molecular formula is C7H6ClF3N2. The molecule has 0 unspecified atom stereocenters. The number of alkyl halides is 4. The maximum atomic E-state index is 12.2. The van der Waals surface area contributed by atoms with Gasteiger partial charge in [0.25, 0.3) is 0 Å². The Morgan fingerprint density at radius 3 is 2.54 bits per heavy atom. The summed E-state index contributed by atoms with van der Waals surface area (Å²) in [6, 6.07) is 1.12. The van der Waals surface area contributed by atoms with Gasteiger partial charge in [0, 0.05) is 12.1 Å². The number of nitrogens with zero attached hydrogens (tertiary/aromatic N) is 1. The Hall–Kier alpha value is -0.970. The van der Waals surface area contributed by atoms with Crippen LogP contribution < -0.4 is 5.73 Å². The minimum atomic E-state index is -4.43. The van der Waals surface area contributed by atoms with Crippen LogP contribution >= 0.6 is 11.6 Å². The second-order valence-electron chi connectivity index (χ2n) is 2.40. The van der Waals surface area contributed by atoms with E-state index in [4.69, 9.17) is 17.3 Å². The minimum Gasteiger partial charge on any atom is -0.384 e. The van der Waals surface area contributed by atoms with Crippen LogP contribution in [0.1, 0.15) is 11.1 Å². The van der Waals surface area contributed by atoms with Gasteiger partial charge in [-0.25, -0.2) is 4.98 Å². The highest BCUT2D eigenvalue weighted by Crippen LogP contribution is 2.32. The highest BCUT2D eigenvalue weighted by Gasteiger charge is 2.33. The first-order valence-corrected chi connectivity index (χ1v) is 3.86. The number of pyridine rings is 1. The topological polar surface area (TPSA) is 38.9 Å². The summed E-state index contributed by atoms with van der Waals surface area (Å²) < 4.78 is 36.7. The van der Waals surface area contributed by atoms with Gasteiger partial charge in [0.15, 0.2) is 0 Å². The molecule has 0 aliphatic rings. The van der Waals surface area contributed by atoms with E-state index in [1.54, 1.807) is 0 Å². The molecule has 0 fully saturated rings. The van der Waals surface area contributed by atoms with E-state index in [0.717, 1.165) is 6.07 Å². The summed E-state index contributed by atoms with van der Waals surface area (Å²) in [5.74, 6) is -0.203. The molecule has 2 nitrogen and oxygen atoms in total. The third kappa shape index (κ3) is 2.24. The van der Waals surface area contributed by atoms with E-state index in [9.17, 15) is 13.2 Å². The predicted molar refractivity (Wildman–Crippen MR) is 43.2 cm³/mol. The smallest absolute Gasteiger partial charge is 0.384 e. The second kappa shape index (κ2) is 3.41. The summed E-state index contributed by atoms with van der Waals surface area (Å²) >= 11 is 5.33. The van der Waals surface area contributed by atoms with Crippen LogP contribution in [0, 0.1) is 0 Å². The monoisotopic (exact) mass is 210 g/mol. The number of nitrogen functional groups attached to an aromatic ring is 1. The lowest BCUT2D eigenvalue weighted by Crippen LogP contribution is -2.10. The lowest BCUT2D eigenvalue weighted by Gasteiger charge is -2.10. The first kappa shape index (κ1) is 10.1. The zero-order valence-corrected chi connectivity index (χ0v) is 7.15. The predicted octanol–water partition coefficient (Wildman–Crippen LogP) is 2.42. The molecule has 72 valence electrons. The fraction of sp³-hybridized carbons (Fsp3) is 0.286. The van der Waals surface area contributed by atoms with E-state index in [-0.39, 0.29) is 17.3 Å². The number of hydrogen-bond donors (Lipinski definition) is 1. The zero-order chi connectivity index (χ0) is 10.1. The lowest BCUT2D eigenvalue weighted by atomic mass is 10.1. The van der Waals surface area contributed by atoms with Crippen molar-refractivity contribution in [3.63, 3.8) is 0 Å². The van der Waals surface area contributed by atoms with Crippen molar-refractivity contribution in [3.8, 4) is 0 Å². The number of halogens is 4. The molecule has 0 saturated heterocycles. The zero-order valence-electron chi connectivity index (χ0n) is 6.40. The average molecular weight is 211 g/mol. The number of hydrogen-bond acceptors (Lipinski definition) is 2. The van der Waals surface area contributed by atoms with Crippen molar-refractivity contribution in [3.05, 3.63) is 23.4 Å². The van der Waals surface area contributed by atoms with Crippen LogP contribution in [0.3, 0.4) is 0 Å². The Labute approximate surface area is 77.5 Å². The SMILES string of the molecule is Nc1cc(CCl)c(C(F)(F)F)cn1. The molecule has 0 atom stereocenters. The van der Waals surface area contributed by atoms with Crippen LogP contribution in [-0.4, -0.2) is 4.98 Å². The first-order chi connectivity index (χ1) is 5.95. The Balaban J connectivity index is 3.22. The van der Waals surface area contributed by atoms with Gasteiger partial charge in [-0.3, -0.25) is 0 Å². The molecule has 0 bridgehead atoms. The number of aromatic nitrogens is 1. The third-order valence-electron chi connectivity index (χ3n) is 1.46. The molecule has 1 heterocycles. The lowest BCUT2D eigenvalue weighted by molar-refractivity contribution is -0.138. The third-order valence-corrected chi connectivity index (χ3v) is 1.75. The van der Waals surface area contributed by atoms with Gasteiger partial charge in [0.05, 0.1) is 5.56 Å². The molecule has 0 aliphatic carbocycles. The Morgan fingerprint density at radius 1 is 1.46 bits per heavy atom. The van der Waals surface area contributed by atoms with E-state index in [2.05, 4.69) is 4.98 Å². The molecule has 0 amide bonds. The van der Waals surface area contributed by atoms with Crippen LogP contribution in [0.25, 0.3) is 0 Å². The van der Waals surface area contributed by atoms with Gasteiger partial charge in [-0.15, -0.1) is 11.6 Å². The molecule has 0 aromatic carbocycles. The highest BCUT2D eigenvalue weighted by atomic mass is 35.5. The van der Waals surface area contributed by atoms with Crippen molar-refractivity contribution in [1.82, 2.24) is 4.98 Å². The van der Waals surface area contributed by atoms with Crippen LogP contribution in [-0.2, 0) is 12.1 Å². The molecular weight excluding hydrogens is 205 g/mol. The molecule has 0 aliphatic heterocycles. The van der Waals surface area contributed by atoms with Crippen molar-refractivity contribution >= 4 is 17.4 Å². The van der Waals surface area contributed by atoms with E-state index in [0.29, 0.717) is 6.20 Å². The fourth-order valence-corrected chi connectivity index (χ4v) is 1.10. The highest BCUT2D eigenvalue weighted by molar-refractivity contribution is 6.17. The fourth-order valence-electron chi connectivity index (χ4n) is 0.881. The Morgan fingerprint density at radius 2 is 2.08 bits per heavy atom. The van der Waals surface area contributed by atoms with Gasteiger partial charge in [-0.05, 0) is 11.6 Å². The van der Waals surface area contributed by atoms with Crippen molar-refractivity contribution in [1.29, 1.82) is 0 Å². The second-order valence-corrected chi connectivity index (χ2v) is 2.66. The van der Waals surface area contributed by atoms with Crippen molar-refractivity contribution < 1.29 is 13.2 Å². The quantitative estimate of drug-likeness (QED) is 0.723. The molecule has 0 spiro atoms. The molecule has 2 N–H and O–H groups in total. The average Bonchev–Trinajstić information content (AvgIpc) is 2.01. The summed E-state index contributed by atoms with van der Waals surface area (Å²) in [7, 11) is 0. The normalized spacial score (nSPS) is 11.7. The Kier molecular flexibility index (Phi) is 2.66. The van der Waals surface area contributed by atoms with Gasteiger partial charge in [-0.2, -0.15) is 13.2 Å². The summed E-state index contributed by atoms with van der Waals surface area (Å²) in [6.45, 7) is 0. The van der Waals surface area contributed by atoms with Crippen LogP contribution in [0.5, 0.6) is 0 Å². The molecule has 6 heteroatoms. The number of nitrogens with two attached hydrogens (primary N) is 1. The van der Waals surface area contributed by atoms with Crippen LogP contribution in [0.4, 0.5) is 19.0 Å². The summed E-state index contributed by atoms with van der Waals surface area (Å²) in [5, 5.41) is 0. The Bertz CT molecular complexity index is 311. The maximum absolute atomic E-state index is 12.2. The molecule has 1 aromatic heterocycles. The van der Waals surface area contributed by atoms with Gasteiger partial charge in [0.2, 0.25) is 0 Å². The molecule has 0 saturated carbocycles. The van der Waals surface area contributed by atoms with Crippen molar-refractivity contribution in [2.45, 2.75) is 12.1 Å². The van der Waals surface area contributed by atoms with Gasteiger partial charge in [-0.1, -0.05) is 0 Å². The molecule has 1 aromatic rings. The van der Waals surface area contributed by atoms with E-state index >= 15 is 0 Å². The molecule has 1 rings (SSSR count). The minimum absolute atomic E-state index is 0.0312. The van der Waals surface area contributed by atoms with Crippen molar-refractivity contribution in [2.24, 2.45) is 0 Å². The van der Waals surface area contributed by atoms with Crippen LogP contribution in [0.2, 0.25) is 0 Å². The van der Waals surface area contributed by atoms with Gasteiger partial charge in [0.1, 0.15) is 5.82 Å². The standard InChI is InChI=1S/C7H6ClF3N2/c8-2-4-1-6(12)13-3-5(4)7(9,10)11/h1,3H,2H2,(H2,12,13). The number of rotatable bonds is 1. The van der Waals surface area contributed by atoms with E-state index < -0.39 is 11.7 Å².